The van der Waals surface area contributed by atoms with E-state index in [0.717, 1.165) is 53.3 Å². The third kappa shape index (κ3) is 3.11. The van der Waals surface area contributed by atoms with Crippen LogP contribution in [-0.2, 0) is 17.6 Å². The van der Waals surface area contributed by atoms with E-state index in [1.54, 1.807) is 7.11 Å². The fraction of sp³-hybridized carbons (Fsp3) is 0.273. The van der Waals surface area contributed by atoms with E-state index < -0.39 is 0 Å². The molecular formula is C22H24N4O2. The Morgan fingerprint density at radius 3 is 2.50 bits per heavy atom. The predicted octanol–water partition coefficient (Wildman–Crippen LogP) is 3.60. The number of nitrogens with one attached hydrogen (secondary N) is 2. The Balaban J connectivity index is 1.74. The molecule has 0 saturated heterocycles. The molecule has 1 aliphatic rings. The highest BCUT2D eigenvalue weighted by Crippen LogP contribution is 2.41. The summed E-state index contributed by atoms with van der Waals surface area (Å²) in [5, 5.41) is 10.6. The molecule has 1 aromatic heterocycles. The van der Waals surface area contributed by atoms with Crippen LogP contribution in [0.2, 0.25) is 0 Å². The Kier molecular flexibility index (Phi) is 4.77. The Labute approximate surface area is 164 Å². The lowest BCUT2D eigenvalue weighted by Gasteiger charge is -2.17. The van der Waals surface area contributed by atoms with Crippen molar-refractivity contribution in [2.24, 2.45) is 0 Å². The Bertz CT molecular complexity index is 985. The van der Waals surface area contributed by atoms with Crippen LogP contribution in [-0.4, -0.2) is 37.8 Å². The summed E-state index contributed by atoms with van der Waals surface area (Å²) >= 11 is 0. The van der Waals surface area contributed by atoms with Crippen LogP contribution in [0.25, 0.3) is 11.3 Å². The second-order valence-corrected chi connectivity index (χ2v) is 7.28. The van der Waals surface area contributed by atoms with Gasteiger partial charge in [-0.3, -0.25) is 9.89 Å². The molecule has 3 aromatic rings. The van der Waals surface area contributed by atoms with Crippen LogP contribution in [0.15, 0.2) is 42.5 Å². The Morgan fingerprint density at radius 1 is 1.18 bits per heavy atom. The van der Waals surface area contributed by atoms with Gasteiger partial charge in [0.15, 0.2) is 0 Å². The first-order chi connectivity index (χ1) is 13.6. The largest absolute Gasteiger partial charge is 0.495 e. The van der Waals surface area contributed by atoms with Crippen molar-refractivity contribution < 1.29 is 9.53 Å². The van der Waals surface area contributed by atoms with Gasteiger partial charge in [0, 0.05) is 25.6 Å². The number of hydrogen-bond donors (Lipinski definition) is 2. The lowest BCUT2D eigenvalue weighted by molar-refractivity contribution is -0.105. The van der Waals surface area contributed by atoms with E-state index in [4.69, 9.17) is 4.74 Å². The summed E-state index contributed by atoms with van der Waals surface area (Å²) in [7, 11) is 5.60. The quantitative estimate of drug-likeness (QED) is 0.645. The number of H-pyrrole nitrogens is 1. The van der Waals surface area contributed by atoms with E-state index in [1.165, 1.54) is 11.1 Å². The maximum absolute atomic E-state index is 11.3. The number of nitrogens with zero attached hydrogens (tertiary/aromatic N) is 2. The number of anilines is 2. The normalized spacial score (nSPS) is 13.2. The first kappa shape index (κ1) is 18.1. The van der Waals surface area contributed by atoms with Crippen LogP contribution < -0.4 is 15.0 Å². The molecule has 0 aliphatic heterocycles. The third-order valence-corrected chi connectivity index (χ3v) is 5.39. The molecule has 144 valence electrons. The number of ether oxygens (including phenoxy) is 1. The minimum atomic E-state index is 0.271. The smallest absolute Gasteiger partial charge is 0.211 e. The van der Waals surface area contributed by atoms with Crippen molar-refractivity contribution >= 4 is 17.8 Å². The van der Waals surface area contributed by atoms with E-state index in [-0.39, 0.29) is 5.92 Å². The molecule has 4 rings (SSSR count). The molecule has 6 heteroatoms. The minimum absolute atomic E-state index is 0.271. The maximum Gasteiger partial charge on any atom is 0.211 e. The third-order valence-electron chi connectivity index (χ3n) is 5.39. The number of fused-ring (bicyclic) bond motifs is 1. The van der Waals surface area contributed by atoms with Gasteiger partial charge in [0.25, 0.3) is 0 Å². The van der Waals surface area contributed by atoms with E-state index in [2.05, 4.69) is 39.8 Å². The number of rotatable bonds is 6. The van der Waals surface area contributed by atoms with Crippen molar-refractivity contribution in [3.05, 3.63) is 59.3 Å². The SMILES string of the molecule is COc1ccc(-c2n[nH]c(C3Cc4ccccc4C3)c2NC=O)cc1N(C)C. The monoisotopic (exact) mass is 376 g/mol. The molecule has 1 amide bonds. The molecule has 0 radical (unpaired) electrons. The Hall–Kier alpha value is -3.28. The lowest BCUT2D eigenvalue weighted by atomic mass is 9.98. The number of carbonyl (C=O) groups is 1. The van der Waals surface area contributed by atoms with Gasteiger partial charge in [0.05, 0.1) is 24.2 Å². The van der Waals surface area contributed by atoms with Gasteiger partial charge in [-0.1, -0.05) is 24.3 Å². The molecule has 1 aliphatic carbocycles. The topological polar surface area (TPSA) is 70.2 Å². The number of hydrogen-bond acceptors (Lipinski definition) is 4. The molecule has 0 atom stereocenters. The predicted molar refractivity (Wildman–Crippen MR) is 111 cm³/mol. The molecule has 2 aromatic carbocycles. The molecule has 6 nitrogen and oxygen atoms in total. The summed E-state index contributed by atoms with van der Waals surface area (Å²) in [5.41, 5.74) is 7.06. The number of benzene rings is 2. The molecular weight excluding hydrogens is 352 g/mol. The van der Waals surface area contributed by atoms with Crippen LogP contribution in [0.5, 0.6) is 5.75 Å². The van der Waals surface area contributed by atoms with Crippen LogP contribution in [0.3, 0.4) is 0 Å². The molecule has 2 N–H and O–H groups in total. The Morgan fingerprint density at radius 2 is 1.89 bits per heavy atom. The van der Waals surface area contributed by atoms with Crippen molar-refractivity contribution in [1.29, 1.82) is 0 Å². The molecule has 0 saturated carbocycles. The second kappa shape index (κ2) is 7.38. The standard InChI is InChI=1S/C22H24N4O2/c1-26(2)18-12-16(8-9-19(18)28-3)20-22(23-13-27)21(25-24-20)17-10-14-6-4-5-7-15(14)11-17/h4-9,12-13,17H,10-11H2,1-3H3,(H,23,27)(H,24,25). The summed E-state index contributed by atoms with van der Waals surface area (Å²) in [6.45, 7) is 0. The summed E-state index contributed by atoms with van der Waals surface area (Å²) in [6.07, 6.45) is 2.60. The van der Waals surface area contributed by atoms with E-state index in [9.17, 15) is 4.79 Å². The van der Waals surface area contributed by atoms with Crippen molar-refractivity contribution in [3.63, 3.8) is 0 Å². The zero-order valence-corrected chi connectivity index (χ0v) is 16.3. The molecule has 0 bridgehead atoms. The highest BCUT2D eigenvalue weighted by molar-refractivity contribution is 5.86. The van der Waals surface area contributed by atoms with Crippen LogP contribution >= 0.6 is 0 Å². The van der Waals surface area contributed by atoms with Gasteiger partial charge in [-0.25, -0.2) is 0 Å². The van der Waals surface area contributed by atoms with E-state index in [0.29, 0.717) is 0 Å². The number of aromatic amines is 1. The van der Waals surface area contributed by atoms with Gasteiger partial charge >= 0.3 is 0 Å². The molecule has 28 heavy (non-hydrogen) atoms. The van der Waals surface area contributed by atoms with Crippen LogP contribution in [0.1, 0.15) is 22.7 Å². The maximum atomic E-state index is 11.3. The minimum Gasteiger partial charge on any atom is -0.495 e. The fourth-order valence-corrected chi connectivity index (χ4v) is 4.01. The number of amides is 1. The first-order valence-corrected chi connectivity index (χ1v) is 9.33. The van der Waals surface area contributed by atoms with E-state index in [1.807, 2.05) is 37.2 Å². The molecule has 1 heterocycles. The van der Waals surface area contributed by atoms with E-state index >= 15 is 0 Å². The van der Waals surface area contributed by atoms with Gasteiger partial charge < -0.3 is 15.0 Å². The zero-order valence-electron chi connectivity index (χ0n) is 16.3. The molecule has 0 unspecified atom stereocenters. The van der Waals surface area contributed by atoms with Gasteiger partial charge in [0.2, 0.25) is 6.41 Å². The van der Waals surface area contributed by atoms with Gasteiger partial charge in [-0.15, -0.1) is 0 Å². The summed E-state index contributed by atoms with van der Waals surface area (Å²) in [4.78, 5) is 13.3. The zero-order chi connectivity index (χ0) is 19.7. The first-order valence-electron chi connectivity index (χ1n) is 9.33. The van der Waals surface area contributed by atoms with Gasteiger partial charge in [0.1, 0.15) is 11.4 Å². The average Bonchev–Trinajstić information content (AvgIpc) is 3.31. The summed E-state index contributed by atoms with van der Waals surface area (Å²) in [5.74, 6) is 1.06. The number of aromatic nitrogens is 2. The average molecular weight is 376 g/mol. The van der Waals surface area contributed by atoms with Gasteiger partial charge in [-0.2, -0.15) is 5.10 Å². The van der Waals surface area contributed by atoms with Crippen molar-refractivity contribution in [3.8, 4) is 17.0 Å². The van der Waals surface area contributed by atoms with Gasteiger partial charge in [-0.05, 0) is 42.2 Å². The highest BCUT2D eigenvalue weighted by Gasteiger charge is 2.28. The number of carbonyl (C=O) groups excluding carboxylic acids is 1. The second-order valence-electron chi connectivity index (χ2n) is 7.28. The van der Waals surface area contributed by atoms with Crippen LogP contribution in [0, 0.1) is 0 Å². The van der Waals surface area contributed by atoms with Crippen molar-refractivity contribution in [2.45, 2.75) is 18.8 Å². The van der Waals surface area contributed by atoms with Crippen molar-refractivity contribution in [1.82, 2.24) is 10.2 Å². The van der Waals surface area contributed by atoms with Crippen LogP contribution in [0.4, 0.5) is 11.4 Å². The van der Waals surface area contributed by atoms with Crippen molar-refractivity contribution in [2.75, 3.05) is 31.4 Å². The summed E-state index contributed by atoms with van der Waals surface area (Å²) < 4.78 is 5.46. The highest BCUT2D eigenvalue weighted by atomic mass is 16.5. The number of methoxy groups -OCH3 is 1. The molecule has 0 spiro atoms. The summed E-state index contributed by atoms with van der Waals surface area (Å²) in [6, 6.07) is 14.4. The lowest BCUT2D eigenvalue weighted by Crippen LogP contribution is -2.10. The fourth-order valence-electron chi connectivity index (χ4n) is 4.01. The molecule has 0 fully saturated rings.